The lowest BCUT2D eigenvalue weighted by atomic mass is 9.95. The molecule has 8 heteroatoms. The zero-order valence-corrected chi connectivity index (χ0v) is 23.0. The van der Waals surface area contributed by atoms with Gasteiger partial charge in [-0.15, -0.1) is 0 Å². The van der Waals surface area contributed by atoms with Crippen molar-refractivity contribution in [3.63, 3.8) is 0 Å². The molecule has 0 saturated heterocycles. The van der Waals surface area contributed by atoms with Gasteiger partial charge in [0.1, 0.15) is 6.04 Å². The summed E-state index contributed by atoms with van der Waals surface area (Å²) >= 11 is 0. The van der Waals surface area contributed by atoms with Gasteiger partial charge in [-0.1, -0.05) is 74.7 Å². The molecule has 202 valence electrons. The van der Waals surface area contributed by atoms with Gasteiger partial charge >= 0.3 is 0 Å². The van der Waals surface area contributed by atoms with Crippen molar-refractivity contribution < 1.29 is 18.0 Å². The molecule has 2 aromatic rings. The van der Waals surface area contributed by atoms with E-state index in [9.17, 15) is 18.0 Å². The van der Waals surface area contributed by atoms with Gasteiger partial charge in [0.2, 0.25) is 21.8 Å². The van der Waals surface area contributed by atoms with Gasteiger partial charge in [0, 0.05) is 32.6 Å². The average Bonchev–Trinajstić information content (AvgIpc) is 2.92. The molecule has 1 atom stereocenters. The maximum atomic E-state index is 13.4. The van der Waals surface area contributed by atoms with Crippen molar-refractivity contribution in [2.24, 2.45) is 0 Å². The summed E-state index contributed by atoms with van der Waals surface area (Å²) in [5.74, 6) is -0.202. The summed E-state index contributed by atoms with van der Waals surface area (Å²) < 4.78 is 26.9. The van der Waals surface area contributed by atoms with Crippen molar-refractivity contribution in [3.05, 3.63) is 66.2 Å². The van der Waals surface area contributed by atoms with Crippen LogP contribution in [0.4, 0.5) is 0 Å². The Bertz CT molecular complexity index is 1090. The van der Waals surface area contributed by atoms with E-state index in [1.165, 1.54) is 17.8 Å². The van der Waals surface area contributed by atoms with E-state index in [-0.39, 0.29) is 35.7 Å². The highest BCUT2D eigenvalue weighted by Crippen LogP contribution is 2.19. The molecular formula is C29H41N3O4S. The van der Waals surface area contributed by atoms with Gasteiger partial charge in [-0.2, -0.15) is 0 Å². The molecule has 0 aromatic heterocycles. The SMILES string of the molecule is CCC(C(=O)NC1CCCCC1)N(CCc1ccccc1)C(=O)CCCN(C)S(=O)(=O)c1ccccc1. The summed E-state index contributed by atoms with van der Waals surface area (Å²) in [4.78, 5) is 28.7. The number of hydrogen-bond acceptors (Lipinski definition) is 4. The summed E-state index contributed by atoms with van der Waals surface area (Å²) in [6, 6.07) is 17.9. The molecule has 0 aliphatic heterocycles. The van der Waals surface area contributed by atoms with Gasteiger partial charge in [-0.3, -0.25) is 9.59 Å². The molecule has 3 rings (SSSR count). The molecule has 0 heterocycles. The van der Waals surface area contributed by atoms with Crippen molar-refractivity contribution in [1.29, 1.82) is 0 Å². The van der Waals surface area contributed by atoms with E-state index >= 15 is 0 Å². The van der Waals surface area contributed by atoms with Crippen LogP contribution in [0.3, 0.4) is 0 Å². The molecule has 37 heavy (non-hydrogen) atoms. The zero-order chi connectivity index (χ0) is 26.7. The lowest BCUT2D eigenvalue weighted by Gasteiger charge is -2.33. The Balaban J connectivity index is 1.65. The second-order valence-electron chi connectivity index (χ2n) is 9.83. The van der Waals surface area contributed by atoms with E-state index in [2.05, 4.69) is 5.32 Å². The Hall–Kier alpha value is -2.71. The fraction of sp³-hybridized carbons (Fsp3) is 0.517. The van der Waals surface area contributed by atoms with Gasteiger partial charge < -0.3 is 10.2 Å². The lowest BCUT2D eigenvalue weighted by molar-refractivity contribution is -0.141. The van der Waals surface area contributed by atoms with Gasteiger partial charge in [-0.25, -0.2) is 12.7 Å². The number of rotatable bonds is 13. The van der Waals surface area contributed by atoms with Crippen LogP contribution in [-0.2, 0) is 26.0 Å². The Morgan fingerprint density at radius 3 is 2.19 bits per heavy atom. The van der Waals surface area contributed by atoms with E-state index in [0.717, 1.165) is 31.2 Å². The van der Waals surface area contributed by atoms with Crippen LogP contribution in [-0.4, -0.2) is 61.7 Å². The Kier molecular flexibility index (Phi) is 11.1. The molecule has 1 aliphatic rings. The topological polar surface area (TPSA) is 86.8 Å². The summed E-state index contributed by atoms with van der Waals surface area (Å²) in [7, 11) is -2.08. The molecule has 7 nitrogen and oxygen atoms in total. The van der Waals surface area contributed by atoms with Crippen LogP contribution < -0.4 is 5.32 Å². The molecule has 1 N–H and O–H groups in total. The predicted octanol–water partition coefficient (Wildman–Crippen LogP) is 4.39. The highest BCUT2D eigenvalue weighted by Gasteiger charge is 2.30. The van der Waals surface area contributed by atoms with E-state index in [4.69, 9.17) is 0 Å². The smallest absolute Gasteiger partial charge is 0.243 e. The van der Waals surface area contributed by atoms with Crippen LogP contribution >= 0.6 is 0 Å². The van der Waals surface area contributed by atoms with Crippen molar-refractivity contribution in [3.8, 4) is 0 Å². The first-order valence-electron chi connectivity index (χ1n) is 13.5. The quantitative estimate of drug-likeness (QED) is 0.419. The number of benzene rings is 2. The number of carbonyl (C=O) groups is 2. The summed E-state index contributed by atoms with van der Waals surface area (Å²) in [5, 5.41) is 3.20. The second kappa shape index (κ2) is 14.3. The summed E-state index contributed by atoms with van der Waals surface area (Å²) in [6.45, 7) is 2.60. The third kappa shape index (κ3) is 8.40. The maximum absolute atomic E-state index is 13.4. The number of sulfonamides is 1. The molecule has 1 aliphatic carbocycles. The molecule has 1 saturated carbocycles. The third-order valence-electron chi connectivity index (χ3n) is 7.14. The van der Waals surface area contributed by atoms with Gasteiger partial charge in [0.05, 0.1) is 4.90 Å². The second-order valence-corrected chi connectivity index (χ2v) is 11.9. The fourth-order valence-electron chi connectivity index (χ4n) is 4.93. The normalized spacial score (nSPS) is 15.3. The molecular weight excluding hydrogens is 486 g/mol. The van der Waals surface area contributed by atoms with Crippen molar-refractivity contribution in [2.45, 2.75) is 81.7 Å². The zero-order valence-electron chi connectivity index (χ0n) is 22.1. The Labute approximate surface area is 222 Å². The lowest BCUT2D eigenvalue weighted by Crippen LogP contribution is -2.52. The van der Waals surface area contributed by atoms with Crippen LogP contribution in [0.5, 0.6) is 0 Å². The minimum absolute atomic E-state index is 0.0837. The molecule has 0 radical (unpaired) electrons. The molecule has 2 aromatic carbocycles. The van der Waals surface area contributed by atoms with E-state index in [0.29, 0.717) is 25.8 Å². The molecule has 1 fully saturated rings. The minimum atomic E-state index is -3.61. The standard InChI is InChI=1S/C29H41N3O4S/c1-3-27(29(34)30-25-16-9-5-10-17-25)32(23-21-24-14-7-4-8-15-24)28(33)20-13-22-31(2)37(35,36)26-18-11-6-12-19-26/h4,6-8,11-12,14-15,18-19,25,27H,3,5,9-10,13,16-17,20-23H2,1-2H3,(H,30,34). The third-order valence-corrected chi connectivity index (χ3v) is 9.01. The monoisotopic (exact) mass is 527 g/mol. The van der Waals surface area contributed by atoms with Crippen molar-refractivity contribution in [2.75, 3.05) is 20.1 Å². The van der Waals surface area contributed by atoms with E-state index in [1.807, 2.05) is 37.3 Å². The Morgan fingerprint density at radius 2 is 1.57 bits per heavy atom. The van der Waals surface area contributed by atoms with E-state index in [1.54, 1.807) is 35.2 Å². The summed E-state index contributed by atoms with van der Waals surface area (Å²) in [6.07, 6.45) is 7.17. The van der Waals surface area contributed by atoms with Gasteiger partial charge in [0.25, 0.3) is 0 Å². The molecule has 1 unspecified atom stereocenters. The highest BCUT2D eigenvalue weighted by molar-refractivity contribution is 7.89. The number of carbonyl (C=O) groups excluding carboxylic acids is 2. The van der Waals surface area contributed by atoms with Crippen LogP contribution in [0, 0.1) is 0 Å². The molecule has 2 amide bonds. The van der Waals surface area contributed by atoms with Crippen molar-refractivity contribution >= 4 is 21.8 Å². The van der Waals surface area contributed by atoms with E-state index < -0.39 is 16.1 Å². The largest absolute Gasteiger partial charge is 0.352 e. The Morgan fingerprint density at radius 1 is 0.946 bits per heavy atom. The summed E-state index contributed by atoms with van der Waals surface area (Å²) in [5.41, 5.74) is 1.11. The van der Waals surface area contributed by atoms with Crippen LogP contribution in [0.1, 0.15) is 63.9 Å². The number of amides is 2. The fourth-order valence-corrected chi connectivity index (χ4v) is 6.16. The number of nitrogens with zero attached hydrogens (tertiary/aromatic N) is 2. The number of nitrogens with one attached hydrogen (secondary N) is 1. The average molecular weight is 528 g/mol. The van der Waals surface area contributed by atoms with Gasteiger partial charge in [-0.05, 0) is 49.8 Å². The molecule has 0 spiro atoms. The first-order valence-corrected chi connectivity index (χ1v) is 14.9. The first kappa shape index (κ1) is 28.9. The predicted molar refractivity (Wildman–Crippen MR) is 146 cm³/mol. The van der Waals surface area contributed by atoms with Crippen molar-refractivity contribution in [1.82, 2.24) is 14.5 Å². The van der Waals surface area contributed by atoms with Crippen LogP contribution in [0.2, 0.25) is 0 Å². The van der Waals surface area contributed by atoms with Gasteiger partial charge in [0.15, 0.2) is 0 Å². The van der Waals surface area contributed by atoms with Crippen LogP contribution in [0.25, 0.3) is 0 Å². The first-order chi connectivity index (χ1) is 17.8. The van der Waals surface area contributed by atoms with Crippen LogP contribution in [0.15, 0.2) is 65.6 Å². The number of hydrogen-bond donors (Lipinski definition) is 1. The minimum Gasteiger partial charge on any atom is -0.352 e. The maximum Gasteiger partial charge on any atom is 0.243 e. The molecule has 0 bridgehead atoms. The highest BCUT2D eigenvalue weighted by atomic mass is 32.2.